The molecule has 2 rings (SSSR count). The van der Waals surface area contributed by atoms with Gasteiger partial charge in [-0.05, 0) is 24.6 Å². The minimum absolute atomic E-state index is 0.0624. The molecule has 0 aliphatic rings. The zero-order valence-corrected chi connectivity index (χ0v) is 13.3. The van der Waals surface area contributed by atoms with Crippen LogP contribution in [0.4, 0.5) is 5.69 Å². The van der Waals surface area contributed by atoms with E-state index in [0.717, 1.165) is 6.20 Å². The summed E-state index contributed by atoms with van der Waals surface area (Å²) in [5.74, 6) is 0. The van der Waals surface area contributed by atoms with Gasteiger partial charge in [-0.15, -0.1) is 0 Å². The van der Waals surface area contributed by atoms with Crippen LogP contribution < -0.4 is 4.72 Å². The van der Waals surface area contributed by atoms with Crippen molar-refractivity contribution in [1.29, 1.82) is 0 Å². The number of sulfonamides is 1. The quantitative estimate of drug-likeness (QED) is 0.903. The highest BCUT2D eigenvalue weighted by molar-refractivity contribution is 7.92. The molecule has 0 aliphatic heterocycles. The molecule has 0 fully saturated rings. The summed E-state index contributed by atoms with van der Waals surface area (Å²) in [6.07, 6.45) is 2.55. The van der Waals surface area contributed by atoms with Crippen LogP contribution >= 0.6 is 34.8 Å². The summed E-state index contributed by atoms with van der Waals surface area (Å²) in [4.78, 5) is 3.60. The third kappa shape index (κ3) is 3.01. The maximum atomic E-state index is 12.3. The van der Waals surface area contributed by atoms with Crippen LogP contribution in [0.1, 0.15) is 5.56 Å². The third-order valence-electron chi connectivity index (χ3n) is 2.54. The Morgan fingerprint density at radius 1 is 1.10 bits per heavy atom. The summed E-state index contributed by atoms with van der Waals surface area (Å²) in [6.45, 7) is 1.74. The molecule has 106 valence electrons. The Morgan fingerprint density at radius 3 is 2.45 bits per heavy atom. The van der Waals surface area contributed by atoms with Crippen molar-refractivity contribution in [3.05, 3.63) is 51.2 Å². The van der Waals surface area contributed by atoms with Gasteiger partial charge < -0.3 is 0 Å². The number of benzene rings is 1. The number of hydrogen-bond acceptors (Lipinski definition) is 3. The molecule has 0 saturated carbocycles. The summed E-state index contributed by atoms with van der Waals surface area (Å²) in [5.41, 5.74) is 0.819. The molecule has 0 atom stereocenters. The van der Waals surface area contributed by atoms with Crippen LogP contribution in [0.25, 0.3) is 0 Å². The lowest BCUT2D eigenvalue weighted by atomic mass is 10.2. The minimum Gasteiger partial charge on any atom is -0.276 e. The van der Waals surface area contributed by atoms with Crippen LogP contribution in [0, 0.1) is 6.92 Å². The van der Waals surface area contributed by atoms with Crippen molar-refractivity contribution in [2.75, 3.05) is 4.72 Å². The van der Waals surface area contributed by atoms with Crippen LogP contribution in [0.2, 0.25) is 15.1 Å². The monoisotopic (exact) mass is 350 g/mol. The summed E-state index contributed by atoms with van der Waals surface area (Å²) < 4.78 is 26.9. The lowest BCUT2D eigenvalue weighted by Gasteiger charge is -2.13. The van der Waals surface area contributed by atoms with E-state index >= 15 is 0 Å². The van der Waals surface area contributed by atoms with Gasteiger partial charge in [0.2, 0.25) is 0 Å². The van der Waals surface area contributed by atoms with Gasteiger partial charge in [0.15, 0.2) is 0 Å². The van der Waals surface area contributed by atoms with Crippen molar-refractivity contribution in [2.45, 2.75) is 11.8 Å². The predicted molar refractivity (Wildman–Crippen MR) is 81.3 cm³/mol. The van der Waals surface area contributed by atoms with Crippen LogP contribution in [0.5, 0.6) is 0 Å². The zero-order chi connectivity index (χ0) is 14.9. The highest BCUT2D eigenvalue weighted by atomic mass is 35.5. The van der Waals surface area contributed by atoms with Gasteiger partial charge in [0.25, 0.3) is 10.0 Å². The molecule has 1 aromatic heterocycles. The van der Waals surface area contributed by atoms with Crippen molar-refractivity contribution >= 4 is 50.5 Å². The number of aryl methyl sites for hydroxylation is 1. The van der Waals surface area contributed by atoms with Crippen molar-refractivity contribution in [3.8, 4) is 0 Å². The molecule has 0 amide bonds. The average molecular weight is 352 g/mol. The first-order valence-corrected chi connectivity index (χ1v) is 8.01. The molecule has 4 nitrogen and oxygen atoms in total. The van der Waals surface area contributed by atoms with E-state index in [-0.39, 0.29) is 25.7 Å². The van der Waals surface area contributed by atoms with Crippen LogP contribution in [-0.2, 0) is 10.0 Å². The molecule has 1 heterocycles. The number of nitrogens with zero attached hydrogens (tertiary/aromatic N) is 1. The molecule has 0 spiro atoms. The molecule has 8 heteroatoms. The van der Waals surface area contributed by atoms with E-state index < -0.39 is 10.0 Å². The predicted octanol–water partition coefficient (Wildman–Crippen LogP) is 4.15. The van der Waals surface area contributed by atoms with Crippen molar-refractivity contribution in [1.82, 2.24) is 4.98 Å². The Hall–Kier alpha value is -1.01. The lowest BCUT2D eigenvalue weighted by molar-refractivity contribution is 0.601. The summed E-state index contributed by atoms with van der Waals surface area (Å²) >= 11 is 17.9. The molecule has 2 aromatic rings. The largest absolute Gasteiger partial charge is 0.276 e. The van der Waals surface area contributed by atoms with E-state index in [1.165, 1.54) is 12.3 Å². The Bertz CT molecular complexity index is 763. The SMILES string of the molecule is Cc1ccc(Cl)c(NS(=O)(=O)c2cnccc2Cl)c1Cl. The first kappa shape index (κ1) is 15.4. The molecule has 0 aliphatic carbocycles. The molecular formula is C12H9Cl3N2O2S. The maximum absolute atomic E-state index is 12.3. The van der Waals surface area contributed by atoms with Gasteiger partial charge in [0.05, 0.1) is 20.8 Å². The fourth-order valence-electron chi connectivity index (χ4n) is 1.50. The number of nitrogens with one attached hydrogen (secondary N) is 1. The van der Waals surface area contributed by atoms with Crippen LogP contribution in [-0.4, -0.2) is 13.4 Å². The molecule has 0 unspecified atom stereocenters. The van der Waals surface area contributed by atoms with Crippen molar-refractivity contribution in [2.24, 2.45) is 0 Å². The number of halogens is 3. The molecular weight excluding hydrogens is 343 g/mol. The fourth-order valence-corrected chi connectivity index (χ4v) is 3.60. The van der Waals surface area contributed by atoms with E-state index in [0.29, 0.717) is 5.56 Å². The van der Waals surface area contributed by atoms with Crippen molar-refractivity contribution < 1.29 is 8.42 Å². The number of anilines is 1. The molecule has 0 bridgehead atoms. The second-order valence-corrected chi connectivity index (χ2v) is 6.81. The molecule has 1 aromatic carbocycles. The van der Waals surface area contributed by atoms with Crippen LogP contribution in [0.15, 0.2) is 35.5 Å². The number of aromatic nitrogens is 1. The standard InChI is InChI=1S/C12H9Cl3N2O2S/c1-7-2-3-9(14)12(11(7)15)17-20(18,19)10-6-16-5-4-8(10)13/h2-6,17H,1H3. The van der Waals surface area contributed by atoms with Gasteiger partial charge in [0, 0.05) is 12.4 Å². The average Bonchev–Trinajstić information content (AvgIpc) is 2.39. The van der Waals surface area contributed by atoms with E-state index in [2.05, 4.69) is 9.71 Å². The molecule has 1 N–H and O–H groups in total. The fraction of sp³-hybridized carbons (Fsp3) is 0.0833. The first-order valence-electron chi connectivity index (χ1n) is 5.40. The third-order valence-corrected chi connectivity index (χ3v) is 5.17. The maximum Gasteiger partial charge on any atom is 0.265 e. The topological polar surface area (TPSA) is 59.1 Å². The molecule has 20 heavy (non-hydrogen) atoms. The van der Waals surface area contributed by atoms with Gasteiger partial charge in [-0.25, -0.2) is 8.42 Å². The minimum atomic E-state index is -3.92. The highest BCUT2D eigenvalue weighted by Crippen LogP contribution is 2.35. The second-order valence-electron chi connectivity index (χ2n) is 3.96. The zero-order valence-electron chi connectivity index (χ0n) is 10.2. The Morgan fingerprint density at radius 2 is 1.80 bits per heavy atom. The summed E-state index contributed by atoms with van der Waals surface area (Å²) in [7, 11) is -3.92. The summed E-state index contributed by atoms with van der Waals surface area (Å²) in [5, 5.41) is 0.498. The second kappa shape index (κ2) is 5.77. The lowest BCUT2D eigenvalue weighted by Crippen LogP contribution is -2.14. The van der Waals surface area contributed by atoms with Gasteiger partial charge in [-0.1, -0.05) is 40.9 Å². The Labute approximate surface area is 131 Å². The molecule has 0 saturated heterocycles. The van der Waals surface area contributed by atoms with Crippen molar-refractivity contribution in [3.63, 3.8) is 0 Å². The van der Waals surface area contributed by atoms with E-state index in [1.54, 1.807) is 19.1 Å². The van der Waals surface area contributed by atoms with Gasteiger partial charge in [-0.2, -0.15) is 0 Å². The van der Waals surface area contributed by atoms with Crippen LogP contribution in [0.3, 0.4) is 0 Å². The van der Waals surface area contributed by atoms with Gasteiger partial charge in [0.1, 0.15) is 4.90 Å². The Kier molecular flexibility index (Phi) is 4.44. The Balaban J connectivity index is 2.50. The van der Waals surface area contributed by atoms with Gasteiger partial charge >= 0.3 is 0 Å². The van der Waals surface area contributed by atoms with E-state index in [9.17, 15) is 8.42 Å². The van der Waals surface area contributed by atoms with E-state index in [1.807, 2.05) is 0 Å². The molecule has 0 radical (unpaired) electrons. The number of pyridine rings is 1. The normalized spacial score (nSPS) is 11.4. The smallest absolute Gasteiger partial charge is 0.265 e. The van der Waals surface area contributed by atoms with Gasteiger partial charge in [-0.3, -0.25) is 9.71 Å². The highest BCUT2D eigenvalue weighted by Gasteiger charge is 2.21. The summed E-state index contributed by atoms with van der Waals surface area (Å²) in [6, 6.07) is 4.64. The number of hydrogen-bond donors (Lipinski definition) is 1. The first-order chi connectivity index (χ1) is 9.33. The number of rotatable bonds is 3. The van der Waals surface area contributed by atoms with E-state index in [4.69, 9.17) is 34.8 Å².